The predicted octanol–water partition coefficient (Wildman–Crippen LogP) is 7.23. The second-order valence-electron chi connectivity index (χ2n) is 13.8. The van der Waals surface area contributed by atoms with Crippen LogP contribution in [0.3, 0.4) is 0 Å². The fourth-order valence-electron chi connectivity index (χ4n) is 7.38. The molecule has 7 rings (SSSR count). The summed E-state index contributed by atoms with van der Waals surface area (Å²) in [5.41, 5.74) is 6.56. The standard InChI is InChI=1S/C43H42FNO7S2/c44-31-18-13-28(14-19-31)34(47)7-4-8-37-38(45(43(53)54-37)32-20-15-26(16-21-32)25-5-2-1-3-6-25)33-22-17-30(23-35(33)48)27-9-11-29(12-10-27)42-41(51)40(50)39(49)36(24-46)52-42/h1-3,5-6,9-23,34,36-42,46-51H,4,7-8,24H2. The Kier molecular flexibility index (Phi) is 11.8. The van der Waals surface area contributed by atoms with Gasteiger partial charge in [0.15, 0.2) is 0 Å². The quantitative estimate of drug-likeness (QED) is 0.0765. The second kappa shape index (κ2) is 16.7. The van der Waals surface area contributed by atoms with E-state index in [2.05, 4.69) is 29.2 Å². The highest BCUT2D eigenvalue weighted by Crippen LogP contribution is 2.49. The molecule has 0 aliphatic carbocycles. The molecular weight excluding hydrogens is 726 g/mol. The number of thioether (sulfide) groups is 1. The number of ether oxygens (including phenoxy) is 1. The van der Waals surface area contributed by atoms with Crippen molar-refractivity contribution >= 4 is 34.0 Å². The first-order chi connectivity index (χ1) is 26.1. The molecule has 0 saturated carbocycles. The summed E-state index contributed by atoms with van der Waals surface area (Å²) in [6.45, 7) is -0.509. The lowest BCUT2D eigenvalue weighted by Gasteiger charge is -2.40. The SMILES string of the molecule is OCC1OC(c2ccc(-c3ccc(C4C(CCCC(O)c5ccc(F)cc5)SC(=S)N4c4ccc(-c5ccccc5)cc4)c(O)c3)cc2)C(O)C(O)C1O. The molecule has 54 heavy (non-hydrogen) atoms. The molecule has 2 heterocycles. The number of hydrogen-bond donors (Lipinski definition) is 6. The van der Waals surface area contributed by atoms with Crippen LogP contribution in [0.2, 0.25) is 0 Å². The third-order valence-corrected chi connectivity index (χ3v) is 12.0. The first-order valence-electron chi connectivity index (χ1n) is 18.0. The van der Waals surface area contributed by atoms with Crippen LogP contribution in [-0.2, 0) is 4.74 Å². The molecule has 6 N–H and O–H groups in total. The van der Waals surface area contributed by atoms with Gasteiger partial charge in [-0.1, -0.05) is 115 Å². The zero-order chi connectivity index (χ0) is 37.9. The van der Waals surface area contributed by atoms with Crippen molar-refractivity contribution in [1.82, 2.24) is 0 Å². The molecule has 5 aromatic carbocycles. The molecule has 8 atom stereocenters. The van der Waals surface area contributed by atoms with Gasteiger partial charge in [-0.15, -0.1) is 0 Å². The Bertz CT molecular complexity index is 2030. The van der Waals surface area contributed by atoms with Crippen molar-refractivity contribution in [3.8, 4) is 28.0 Å². The summed E-state index contributed by atoms with van der Waals surface area (Å²) in [4.78, 5) is 2.10. The van der Waals surface area contributed by atoms with E-state index in [0.717, 1.165) is 27.9 Å². The summed E-state index contributed by atoms with van der Waals surface area (Å²) >= 11 is 7.57. The Balaban J connectivity index is 1.14. The molecule has 0 bridgehead atoms. The largest absolute Gasteiger partial charge is 0.508 e. The number of phenolic OH excluding ortho intramolecular Hbond substituents is 1. The molecule has 5 aromatic rings. The fraction of sp³-hybridized carbons (Fsp3) is 0.279. The van der Waals surface area contributed by atoms with Crippen LogP contribution < -0.4 is 4.90 Å². The summed E-state index contributed by atoms with van der Waals surface area (Å²) in [6, 6.07) is 36.7. The molecule has 11 heteroatoms. The second-order valence-corrected chi connectivity index (χ2v) is 15.7. The van der Waals surface area contributed by atoms with E-state index in [9.17, 15) is 35.0 Å². The van der Waals surface area contributed by atoms with Crippen LogP contribution in [0.15, 0.2) is 121 Å². The van der Waals surface area contributed by atoms with Crippen LogP contribution in [-0.4, -0.2) is 71.2 Å². The molecule has 2 aliphatic rings. The van der Waals surface area contributed by atoms with Gasteiger partial charge in [0.1, 0.15) is 46.4 Å². The summed E-state index contributed by atoms with van der Waals surface area (Å²) in [7, 11) is 0. The van der Waals surface area contributed by atoms with Crippen molar-refractivity contribution in [3.63, 3.8) is 0 Å². The number of halogens is 1. The molecule has 2 aliphatic heterocycles. The van der Waals surface area contributed by atoms with E-state index < -0.39 is 43.2 Å². The van der Waals surface area contributed by atoms with Gasteiger partial charge in [0.2, 0.25) is 0 Å². The monoisotopic (exact) mass is 767 g/mol. The number of aromatic hydroxyl groups is 1. The maximum absolute atomic E-state index is 13.5. The molecule has 280 valence electrons. The maximum Gasteiger partial charge on any atom is 0.141 e. The molecular formula is C43H42FNO7S2. The number of anilines is 1. The van der Waals surface area contributed by atoms with E-state index in [0.29, 0.717) is 40.3 Å². The Hall–Kier alpha value is -4.17. The molecule has 0 spiro atoms. The lowest BCUT2D eigenvalue weighted by Crippen LogP contribution is -2.55. The summed E-state index contributed by atoms with van der Waals surface area (Å²) in [6.07, 6.45) is -5.13. The van der Waals surface area contributed by atoms with Crippen LogP contribution in [0, 0.1) is 5.82 Å². The van der Waals surface area contributed by atoms with Crippen LogP contribution in [0.4, 0.5) is 10.1 Å². The highest BCUT2D eigenvalue weighted by atomic mass is 32.2. The van der Waals surface area contributed by atoms with Crippen molar-refractivity contribution in [2.45, 2.75) is 67.2 Å². The van der Waals surface area contributed by atoms with E-state index in [1.807, 2.05) is 54.6 Å². The Morgan fingerprint density at radius 3 is 2.06 bits per heavy atom. The fourth-order valence-corrected chi connectivity index (χ4v) is 9.24. The molecule has 2 saturated heterocycles. The lowest BCUT2D eigenvalue weighted by molar-refractivity contribution is -0.231. The Morgan fingerprint density at radius 2 is 1.39 bits per heavy atom. The maximum atomic E-state index is 13.5. The van der Waals surface area contributed by atoms with Crippen molar-refractivity contribution < 1.29 is 39.8 Å². The van der Waals surface area contributed by atoms with E-state index in [1.54, 1.807) is 42.1 Å². The van der Waals surface area contributed by atoms with Crippen LogP contribution in [0.25, 0.3) is 22.3 Å². The number of phenols is 1. The average molecular weight is 768 g/mol. The molecule has 2 fully saturated rings. The highest BCUT2D eigenvalue weighted by Gasteiger charge is 2.44. The van der Waals surface area contributed by atoms with E-state index >= 15 is 0 Å². The first kappa shape index (κ1) is 38.1. The third-order valence-electron chi connectivity index (χ3n) is 10.4. The van der Waals surface area contributed by atoms with Gasteiger partial charge >= 0.3 is 0 Å². The topological polar surface area (TPSA) is 134 Å². The highest BCUT2D eigenvalue weighted by molar-refractivity contribution is 8.24. The summed E-state index contributed by atoms with van der Waals surface area (Å²) in [5, 5.41) is 63.1. The van der Waals surface area contributed by atoms with Crippen molar-refractivity contribution in [2.24, 2.45) is 0 Å². The van der Waals surface area contributed by atoms with Gasteiger partial charge in [0.25, 0.3) is 0 Å². The van der Waals surface area contributed by atoms with Gasteiger partial charge in [-0.2, -0.15) is 0 Å². The van der Waals surface area contributed by atoms with Crippen molar-refractivity contribution in [3.05, 3.63) is 144 Å². The summed E-state index contributed by atoms with van der Waals surface area (Å²) in [5.74, 6) is -0.250. The Morgan fingerprint density at radius 1 is 0.759 bits per heavy atom. The minimum Gasteiger partial charge on any atom is -0.508 e. The average Bonchev–Trinajstić information content (AvgIpc) is 3.52. The number of benzene rings is 5. The number of thiocarbonyl (C=S) groups is 1. The van der Waals surface area contributed by atoms with Crippen molar-refractivity contribution in [1.29, 1.82) is 0 Å². The number of aliphatic hydroxyl groups is 5. The van der Waals surface area contributed by atoms with Gasteiger partial charge in [-0.05, 0) is 83.0 Å². The summed E-state index contributed by atoms with van der Waals surface area (Å²) < 4.78 is 19.9. The molecule has 8 unspecified atom stereocenters. The third kappa shape index (κ3) is 7.95. The zero-order valence-electron chi connectivity index (χ0n) is 29.2. The van der Waals surface area contributed by atoms with E-state index in [1.165, 1.54) is 12.1 Å². The number of aliphatic hydroxyl groups excluding tert-OH is 5. The molecule has 0 aromatic heterocycles. The molecule has 8 nitrogen and oxygen atoms in total. The smallest absolute Gasteiger partial charge is 0.141 e. The van der Waals surface area contributed by atoms with Crippen LogP contribution >= 0.6 is 24.0 Å². The number of rotatable bonds is 11. The van der Waals surface area contributed by atoms with Crippen LogP contribution in [0.1, 0.15) is 54.2 Å². The number of nitrogens with zero attached hydrogens (tertiary/aromatic N) is 1. The lowest BCUT2D eigenvalue weighted by atomic mass is 9.90. The zero-order valence-corrected chi connectivity index (χ0v) is 30.9. The van der Waals surface area contributed by atoms with Gasteiger partial charge in [0.05, 0.1) is 18.8 Å². The minimum atomic E-state index is -1.48. The van der Waals surface area contributed by atoms with E-state index in [4.69, 9.17) is 17.0 Å². The minimum absolute atomic E-state index is 0.0405. The Labute approximate surface area is 323 Å². The number of hydrogen-bond acceptors (Lipinski definition) is 9. The van der Waals surface area contributed by atoms with Gasteiger partial charge in [0, 0.05) is 16.5 Å². The van der Waals surface area contributed by atoms with Gasteiger partial charge in [-0.3, -0.25) is 0 Å². The predicted molar refractivity (Wildman–Crippen MR) is 213 cm³/mol. The normalized spacial score (nSPS) is 24.8. The van der Waals surface area contributed by atoms with Gasteiger partial charge < -0.3 is 40.3 Å². The molecule has 0 radical (unpaired) electrons. The van der Waals surface area contributed by atoms with Crippen molar-refractivity contribution in [2.75, 3.05) is 11.5 Å². The van der Waals surface area contributed by atoms with Gasteiger partial charge in [-0.25, -0.2) is 4.39 Å². The molecule has 0 amide bonds. The first-order valence-corrected chi connectivity index (χ1v) is 19.2. The van der Waals surface area contributed by atoms with Crippen LogP contribution in [0.5, 0.6) is 5.75 Å². The van der Waals surface area contributed by atoms with E-state index in [-0.39, 0.29) is 22.9 Å².